The van der Waals surface area contributed by atoms with Gasteiger partial charge in [-0.15, -0.1) is 0 Å². The van der Waals surface area contributed by atoms with Crippen LogP contribution in [0, 0.1) is 0 Å². The molecule has 0 radical (unpaired) electrons. The van der Waals surface area contributed by atoms with E-state index in [0.29, 0.717) is 18.7 Å². The molecule has 7 nitrogen and oxygen atoms in total. The maximum atomic E-state index is 12.5. The van der Waals surface area contributed by atoms with Crippen molar-refractivity contribution in [3.63, 3.8) is 0 Å². The second-order valence-corrected chi connectivity index (χ2v) is 6.90. The van der Waals surface area contributed by atoms with Crippen LogP contribution in [0.25, 0.3) is 11.0 Å². The van der Waals surface area contributed by atoms with Gasteiger partial charge in [-0.05, 0) is 36.4 Å². The van der Waals surface area contributed by atoms with Crippen molar-refractivity contribution in [3.8, 4) is 5.75 Å². The van der Waals surface area contributed by atoms with Crippen molar-refractivity contribution in [2.45, 2.75) is 0 Å². The summed E-state index contributed by atoms with van der Waals surface area (Å²) in [6.07, 6.45) is 0. The third kappa shape index (κ3) is 4.18. The number of benzene rings is 2. The second kappa shape index (κ2) is 8.26. The maximum Gasteiger partial charge on any atom is 0.287 e. The van der Waals surface area contributed by atoms with Crippen molar-refractivity contribution in [2.24, 2.45) is 0 Å². The SMILES string of the molecule is COc1ccc(N2CCN(C(=O)CNC(=O)c3cc4ccccc4o3)CC2)cc1. The molecule has 29 heavy (non-hydrogen) atoms. The Bertz CT molecular complexity index is 971. The molecule has 0 aliphatic carbocycles. The van der Waals surface area contributed by atoms with Crippen LogP contribution in [0.2, 0.25) is 0 Å². The fraction of sp³-hybridized carbons (Fsp3) is 0.273. The summed E-state index contributed by atoms with van der Waals surface area (Å²) in [4.78, 5) is 28.8. The first kappa shape index (κ1) is 18.9. The van der Waals surface area contributed by atoms with Gasteiger partial charge in [-0.2, -0.15) is 0 Å². The first-order chi connectivity index (χ1) is 14.1. The van der Waals surface area contributed by atoms with Gasteiger partial charge in [0.15, 0.2) is 5.76 Å². The average molecular weight is 393 g/mol. The van der Waals surface area contributed by atoms with E-state index in [1.165, 1.54) is 0 Å². The van der Waals surface area contributed by atoms with E-state index in [4.69, 9.17) is 9.15 Å². The summed E-state index contributed by atoms with van der Waals surface area (Å²) in [6, 6.07) is 17.0. The number of nitrogens with zero attached hydrogens (tertiary/aromatic N) is 2. The van der Waals surface area contributed by atoms with Crippen LogP contribution in [0.5, 0.6) is 5.75 Å². The summed E-state index contributed by atoms with van der Waals surface area (Å²) in [5, 5.41) is 3.52. The van der Waals surface area contributed by atoms with E-state index in [1.54, 1.807) is 24.1 Å². The third-order valence-corrected chi connectivity index (χ3v) is 5.12. The van der Waals surface area contributed by atoms with Gasteiger partial charge in [0.2, 0.25) is 5.91 Å². The van der Waals surface area contributed by atoms with Gasteiger partial charge < -0.3 is 24.3 Å². The predicted molar refractivity (Wildman–Crippen MR) is 110 cm³/mol. The highest BCUT2D eigenvalue weighted by Gasteiger charge is 2.22. The molecule has 4 rings (SSSR count). The quantitative estimate of drug-likeness (QED) is 0.721. The predicted octanol–water partition coefficient (Wildman–Crippen LogP) is 2.52. The topological polar surface area (TPSA) is 75.0 Å². The monoisotopic (exact) mass is 393 g/mol. The van der Waals surface area contributed by atoms with Crippen LogP contribution in [-0.4, -0.2) is 56.5 Å². The summed E-state index contributed by atoms with van der Waals surface area (Å²) >= 11 is 0. The second-order valence-electron chi connectivity index (χ2n) is 6.90. The van der Waals surface area contributed by atoms with E-state index in [2.05, 4.69) is 10.2 Å². The van der Waals surface area contributed by atoms with Crippen LogP contribution in [0.4, 0.5) is 5.69 Å². The van der Waals surface area contributed by atoms with E-state index >= 15 is 0 Å². The Labute approximate surface area is 168 Å². The van der Waals surface area contributed by atoms with E-state index in [1.807, 2.05) is 42.5 Å². The van der Waals surface area contributed by atoms with Gasteiger partial charge in [-0.25, -0.2) is 0 Å². The molecule has 0 saturated carbocycles. The number of methoxy groups -OCH3 is 1. The largest absolute Gasteiger partial charge is 0.497 e. The number of piperazine rings is 1. The average Bonchev–Trinajstić information content (AvgIpc) is 3.22. The summed E-state index contributed by atoms with van der Waals surface area (Å²) < 4.78 is 10.7. The van der Waals surface area contributed by atoms with Gasteiger partial charge in [0.25, 0.3) is 5.91 Å². The summed E-state index contributed by atoms with van der Waals surface area (Å²) in [5.74, 6) is 0.557. The number of nitrogens with one attached hydrogen (secondary N) is 1. The van der Waals surface area contributed by atoms with Gasteiger partial charge in [0.1, 0.15) is 11.3 Å². The minimum atomic E-state index is -0.383. The molecule has 3 aromatic rings. The van der Waals surface area contributed by atoms with Gasteiger partial charge in [0, 0.05) is 37.3 Å². The number of hydrogen-bond acceptors (Lipinski definition) is 5. The van der Waals surface area contributed by atoms with E-state index in [-0.39, 0.29) is 24.1 Å². The number of rotatable bonds is 5. The molecule has 1 fully saturated rings. The van der Waals surface area contributed by atoms with Crippen molar-refractivity contribution in [1.82, 2.24) is 10.2 Å². The number of furan rings is 1. The molecule has 0 spiro atoms. The summed E-state index contributed by atoms with van der Waals surface area (Å²) in [5.41, 5.74) is 1.76. The van der Waals surface area contributed by atoms with Crippen molar-refractivity contribution >= 4 is 28.5 Å². The first-order valence-corrected chi connectivity index (χ1v) is 9.57. The maximum absolute atomic E-state index is 12.5. The number of anilines is 1. The van der Waals surface area contributed by atoms with Crippen LogP contribution in [0.15, 0.2) is 59.0 Å². The van der Waals surface area contributed by atoms with Crippen molar-refractivity contribution in [2.75, 3.05) is 44.7 Å². The van der Waals surface area contributed by atoms with Gasteiger partial charge in [0.05, 0.1) is 13.7 Å². The fourth-order valence-corrected chi connectivity index (χ4v) is 3.46. The minimum absolute atomic E-state index is 0.0432. The molecular weight excluding hydrogens is 370 g/mol. The van der Waals surface area contributed by atoms with Crippen molar-refractivity contribution in [3.05, 3.63) is 60.4 Å². The fourth-order valence-electron chi connectivity index (χ4n) is 3.46. The van der Waals surface area contributed by atoms with Crippen molar-refractivity contribution in [1.29, 1.82) is 0 Å². The highest BCUT2D eigenvalue weighted by atomic mass is 16.5. The van der Waals surface area contributed by atoms with Crippen LogP contribution < -0.4 is 15.0 Å². The highest BCUT2D eigenvalue weighted by Crippen LogP contribution is 2.21. The molecule has 1 aliphatic rings. The summed E-state index contributed by atoms with van der Waals surface area (Å²) in [7, 11) is 1.65. The number of amides is 2. The van der Waals surface area contributed by atoms with Gasteiger partial charge in [-0.1, -0.05) is 18.2 Å². The molecule has 1 N–H and O–H groups in total. The molecular formula is C22H23N3O4. The van der Waals surface area contributed by atoms with E-state index in [0.717, 1.165) is 29.9 Å². The number of para-hydroxylation sites is 1. The molecule has 1 aromatic heterocycles. The molecule has 150 valence electrons. The first-order valence-electron chi connectivity index (χ1n) is 9.57. The smallest absolute Gasteiger partial charge is 0.287 e. The number of carbonyl (C=O) groups excluding carboxylic acids is 2. The molecule has 0 atom stereocenters. The minimum Gasteiger partial charge on any atom is -0.497 e. The Morgan fingerprint density at radius 3 is 2.45 bits per heavy atom. The lowest BCUT2D eigenvalue weighted by molar-refractivity contribution is -0.130. The zero-order valence-electron chi connectivity index (χ0n) is 16.3. The normalized spacial score (nSPS) is 14.1. The lowest BCUT2D eigenvalue weighted by Gasteiger charge is -2.36. The number of hydrogen-bond donors (Lipinski definition) is 1. The summed E-state index contributed by atoms with van der Waals surface area (Å²) in [6.45, 7) is 2.68. The molecule has 2 amide bonds. The molecule has 2 heterocycles. The number of fused-ring (bicyclic) bond motifs is 1. The van der Waals surface area contributed by atoms with Gasteiger partial charge in [-0.3, -0.25) is 9.59 Å². The Morgan fingerprint density at radius 2 is 1.76 bits per heavy atom. The molecule has 7 heteroatoms. The molecule has 1 saturated heterocycles. The lowest BCUT2D eigenvalue weighted by atomic mass is 10.2. The number of ether oxygens (including phenoxy) is 1. The van der Waals surface area contributed by atoms with Crippen LogP contribution in [0.3, 0.4) is 0 Å². The van der Waals surface area contributed by atoms with Crippen molar-refractivity contribution < 1.29 is 18.7 Å². The zero-order valence-corrected chi connectivity index (χ0v) is 16.3. The Morgan fingerprint density at radius 1 is 1.03 bits per heavy atom. The van der Waals surface area contributed by atoms with E-state index in [9.17, 15) is 9.59 Å². The number of carbonyl (C=O) groups is 2. The Hall–Kier alpha value is -3.48. The lowest BCUT2D eigenvalue weighted by Crippen LogP contribution is -2.51. The van der Waals surface area contributed by atoms with E-state index < -0.39 is 0 Å². The van der Waals surface area contributed by atoms with Crippen LogP contribution >= 0.6 is 0 Å². The highest BCUT2D eigenvalue weighted by molar-refractivity contribution is 5.97. The zero-order chi connectivity index (χ0) is 20.2. The molecule has 0 bridgehead atoms. The Balaban J connectivity index is 1.27. The standard InChI is InChI=1S/C22H23N3O4/c1-28-18-8-6-17(7-9-18)24-10-12-25(13-11-24)21(26)15-23-22(27)20-14-16-4-2-3-5-19(16)29-20/h2-9,14H,10-13,15H2,1H3,(H,23,27). The van der Waals surface area contributed by atoms with Gasteiger partial charge >= 0.3 is 0 Å². The molecule has 0 unspecified atom stereocenters. The third-order valence-electron chi connectivity index (χ3n) is 5.12. The van der Waals surface area contributed by atoms with Crippen LogP contribution in [0.1, 0.15) is 10.6 Å². The molecule has 1 aliphatic heterocycles. The van der Waals surface area contributed by atoms with Crippen LogP contribution in [-0.2, 0) is 4.79 Å². The molecule has 2 aromatic carbocycles. The Kier molecular flexibility index (Phi) is 5.37.